The zero-order chi connectivity index (χ0) is 21.6. The predicted octanol–water partition coefficient (Wildman–Crippen LogP) is 1.84. The van der Waals surface area contributed by atoms with Crippen LogP contribution in [0.1, 0.15) is 36.0 Å². The molecular weight excluding hydrogens is 390 g/mol. The van der Waals surface area contributed by atoms with Crippen molar-refractivity contribution in [2.24, 2.45) is 17.6 Å². The van der Waals surface area contributed by atoms with Crippen LogP contribution in [0.2, 0.25) is 0 Å². The van der Waals surface area contributed by atoms with Crippen molar-refractivity contribution < 1.29 is 9.90 Å². The van der Waals surface area contributed by atoms with Gasteiger partial charge in [-0.15, -0.1) is 0 Å². The number of aliphatic hydroxyl groups is 1. The van der Waals surface area contributed by atoms with Crippen LogP contribution in [0.3, 0.4) is 0 Å². The number of carbonyl (C=O) groups excluding carboxylic acids is 1. The topological polar surface area (TPSA) is 94.7 Å². The maximum absolute atomic E-state index is 13.2. The molecule has 4 rings (SSSR count). The molecule has 0 unspecified atom stereocenters. The van der Waals surface area contributed by atoms with Gasteiger partial charge in [0, 0.05) is 44.7 Å². The first-order valence-corrected chi connectivity index (χ1v) is 11.6. The van der Waals surface area contributed by atoms with Crippen LogP contribution in [0, 0.1) is 11.8 Å². The molecule has 4 N–H and O–H groups in total. The van der Waals surface area contributed by atoms with E-state index in [9.17, 15) is 4.79 Å². The Morgan fingerprint density at radius 2 is 1.81 bits per heavy atom. The minimum absolute atomic E-state index is 0.0142. The van der Waals surface area contributed by atoms with Crippen molar-refractivity contribution in [2.45, 2.75) is 25.7 Å². The van der Waals surface area contributed by atoms with Crippen molar-refractivity contribution in [1.82, 2.24) is 15.2 Å². The lowest BCUT2D eigenvalue weighted by atomic mass is 9.82. The Kier molecular flexibility index (Phi) is 7.37. The van der Waals surface area contributed by atoms with Crippen LogP contribution in [0.15, 0.2) is 30.3 Å². The summed E-state index contributed by atoms with van der Waals surface area (Å²) in [6.45, 7) is 5.87. The number of carbonyl (C=O) groups is 1. The number of nitrogens with one attached hydrogen (secondary N) is 1. The second-order valence-electron chi connectivity index (χ2n) is 8.93. The SMILES string of the molecule is NCC1CCC(CNC(=O)c2cc(N3CCN(CCO)CC3)nc3ccccc23)CC1. The smallest absolute Gasteiger partial charge is 0.252 e. The highest BCUT2D eigenvalue weighted by Gasteiger charge is 2.23. The van der Waals surface area contributed by atoms with E-state index in [4.69, 9.17) is 15.8 Å². The standard InChI is InChI=1S/C24H35N5O2/c25-16-18-5-7-19(8-6-18)17-26-24(31)21-15-23(27-22-4-2-1-3-20(21)22)29-11-9-28(10-12-29)13-14-30/h1-4,15,18-19,30H,5-14,16-17,25H2,(H,26,31). The Labute approximate surface area is 184 Å². The average Bonchev–Trinajstić information content (AvgIpc) is 2.83. The Bertz CT molecular complexity index is 873. The number of rotatable bonds is 7. The average molecular weight is 426 g/mol. The molecule has 2 aliphatic rings. The van der Waals surface area contributed by atoms with E-state index in [1.54, 1.807) is 0 Å². The molecule has 31 heavy (non-hydrogen) atoms. The second-order valence-corrected chi connectivity index (χ2v) is 8.93. The van der Waals surface area contributed by atoms with Crippen molar-refractivity contribution in [2.75, 3.05) is 57.3 Å². The van der Waals surface area contributed by atoms with E-state index in [2.05, 4.69) is 15.1 Å². The van der Waals surface area contributed by atoms with E-state index in [-0.39, 0.29) is 12.5 Å². The summed E-state index contributed by atoms with van der Waals surface area (Å²) in [4.78, 5) is 22.5. The van der Waals surface area contributed by atoms with Gasteiger partial charge in [0.1, 0.15) is 5.82 Å². The third kappa shape index (κ3) is 5.34. The summed E-state index contributed by atoms with van der Waals surface area (Å²) >= 11 is 0. The minimum Gasteiger partial charge on any atom is -0.395 e. The summed E-state index contributed by atoms with van der Waals surface area (Å²) in [5.74, 6) is 2.03. The molecule has 0 spiro atoms. The number of β-amino-alcohol motifs (C(OH)–C–C–N with tert-alkyl or cyclic N) is 1. The molecule has 0 atom stereocenters. The molecule has 1 aromatic heterocycles. The fourth-order valence-corrected chi connectivity index (χ4v) is 4.86. The number of pyridine rings is 1. The number of fused-ring (bicyclic) bond motifs is 1. The van der Waals surface area contributed by atoms with Crippen molar-refractivity contribution in [1.29, 1.82) is 0 Å². The molecule has 7 nitrogen and oxygen atoms in total. The molecule has 168 valence electrons. The van der Waals surface area contributed by atoms with E-state index >= 15 is 0 Å². The van der Waals surface area contributed by atoms with Gasteiger partial charge in [-0.05, 0) is 56.2 Å². The van der Waals surface area contributed by atoms with E-state index < -0.39 is 0 Å². The summed E-state index contributed by atoms with van der Waals surface area (Å²) < 4.78 is 0. The first kappa shape index (κ1) is 22.0. The number of aromatic nitrogens is 1. The Morgan fingerprint density at radius 3 is 2.52 bits per heavy atom. The van der Waals surface area contributed by atoms with Gasteiger partial charge in [0.05, 0.1) is 17.7 Å². The van der Waals surface area contributed by atoms with Gasteiger partial charge in [0.15, 0.2) is 0 Å². The fourth-order valence-electron chi connectivity index (χ4n) is 4.86. The second kappa shape index (κ2) is 10.4. The number of para-hydroxylation sites is 1. The zero-order valence-corrected chi connectivity index (χ0v) is 18.3. The summed E-state index contributed by atoms with van der Waals surface area (Å²) in [5.41, 5.74) is 7.36. The van der Waals surface area contributed by atoms with Crippen LogP contribution in [-0.2, 0) is 0 Å². The van der Waals surface area contributed by atoms with Crippen LogP contribution in [-0.4, -0.2) is 73.3 Å². The van der Waals surface area contributed by atoms with E-state index in [1.165, 1.54) is 12.8 Å². The highest BCUT2D eigenvalue weighted by Crippen LogP contribution is 2.28. The number of hydrogen-bond acceptors (Lipinski definition) is 6. The molecule has 0 bridgehead atoms. The number of aliphatic hydroxyl groups excluding tert-OH is 1. The molecule has 1 amide bonds. The maximum atomic E-state index is 13.2. The van der Waals surface area contributed by atoms with Crippen molar-refractivity contribution in [3.05, 3.63) is 35.9 Å². The third-order valence-electron chi connectivity index (χ3n) is 6.91. The number of nitrogens with two attached hydrogens (primary N) is 1. The van der Waals surface area contributed by atoms with Crippen molar-refractivity contribution in [3.8, 4) is 0 Å². The lowest BCUT2D eigenvalue weighted by Gasteiger charge is -2.35. The van der Waals surface area contributed by atoms with Crippen LogP contribution < -0.4 is 16.0 Å². The van der Waals surface area contributed by atoms with Crippen LogP contribution in [0.5, 0.6) is 0 Å². The van der Waals surface area contributed by atoms with Gasteiger partial charge in [0.25, 0.3) is 5.91 Å². The summed E-state index contributed by atoms with van der Waals surface area (Å²) in [5, 5.41) is 13.3. The molecule has 2 aromatic rings. The van der Waals surface area contributed by atoms with Gasteiger partial charge in [-0.2, -0.15) is 0 Å². The van der Waals surface area contributed by atoms with Crippen LogP contribution >= 0.6 is 0 Å². The Balaban J connectivity index is 1.47. The summed E-state index contributed by atoms with van der Waals surface area (Å²) in [7, 11) is 0. The summed E-state index contributed by atoms with van der Waals surface area (Å²) in [6, 6.07) is 9.83. The molecule has 1 aliphatic carbocycles. The van der Waals surface area contributed by atoms with Gasteiger partial charge in [-0.3, -0.25) is 9.69 Å². The molecule has 2 fully saturated rings. The molecule has 1 aliphatic heterocycles. The van der Waals surface area contributed by atoms with Gasteiger partial charge < -0.3 is 21.1 Å². The van der Waals surface area contributed by atoms with Crippen molar-refractivity contribution >= 4 is 22.6 Å². The van der Waals surface area contributed by atoms with Crippen LogP contribution in [0.25, 0.3) is 10.9 Å². The molecule has 1 saturated carbocycles. The normalized spacial score (nSPS) is 22.6. The Morgan fingerprint density at radius 1 is 1.10 bits per heavy atom. The zero-order valence-electron chi connectivity index (χ0n) is 18.3. The monoisotopic (exact) mass is 425 g/mol. The first-order valence-electron chi connectivity index (χ1n) is 11.6. The lowest BCUT2D eigenvalue weighted by molar-refractivity contribution is 0.0943. The number of hydrogen-bond donors (Lipinski definition) is 3. The van der Waals surface area contributed by atoms with Gasteiger partial charge in [-0.25, -0.2) is 4.98 Å². The summed E-state index contributed by atoms with van der Waals surface area (Å²) in [6.07, 6.45) is 4.62. The van der Waals surface area contributed by atoms with Gasteiger partial charge in [0.2, 0.25) is 0 Å². The number of piperazine rings is 1. The minimum atomic E-state index is -0.0142. The van der Waals surface area contributed by atoms with E-state index in [1.807, 2.05) is 30.3 Å². The highest BCUT2D eigenvalue weighted by atomic mass is 16.3. The molecule has 0 radical (unpaired) electrons. The molecular formula is C24H35N5O2. The van der Waals surface area contributed by atoms with E-state index in [0.29, 0.717) is 23.9 Å². The molecule has 1 aromatic carbocycles. The lowest BCUT2D eigenvalue weighted by Crippen LogP contribution is -2.47. The van der Waals surface area contributed by atoms with Gasteiger partial charge in [-0.1, -0.05) is 18.2 Å². The highest BCUT2D eigenvalue weighted by molar-refractivity contribution is 6.07. The number of anilines is 1. The number of benzene rings is 1. The number of amides is 1. The Hall–Kier alpha value is -2.22. The van der Waals surface area contributed by atoms with Crippen molar-refractivity contribution in [3.63, 3.8) is 0 Å². The predicted molar refractivity (Wildman–Crippen MR) is 124 cm³/mol. The van der Waals surface area contributed by atoms with Gasteiger partial charge >= 0.3 is 0 Å². The molecule has 2 heterocycles. The van der Waals surface area contributed by atoms with E-state index in [0.717, 1.165) is 68.8 Å². The quantitative estimate of drug-likeness (QED) is 0.627. The number of nitrogens with zero attached hydrogens (tertiary/aromatic N) is 3. The third-order valence-corrected chi connectivity index (χ3v) is 6.91. The first-order chi connectivity index (χ1) is 15.2. The fraction of sp³-hybridized carbons (Fsp3) is 0.583. The molecule has 7 heteroatoms. The molecule has 1 saturated heterocycles. The maximum Gasteiger partial charge on any atom is 0.252 e. The van der Waals surface area contributed by atoms with Crippen LogP contribution in [0.4, 0.5) is 5.82 Å². The largest absolute Gasteiger partial charge is 0.395 e.